The first-order chi connectivity index (χ1) is 13.5. The number of nitrogens with one attached hydrogen (secondary N) is 1. The molecule has 2 rings (SSSR count). The fourth-order valence-electron chi connectivity index (χ4n) is 2.00. The SMILES string of the molecule is O=P([O-])([O-])OP(=O)([O-])OP(=O)([O-])[O-].O=c1ccn([C@@H]2O[C@H](CO)[C@@H](O)[C@H]2O)c(=O)[nH]1.[Na+].[Na+].[Na+].[Na+].[Na+]. The molecule has 174 valence electrons. The second kappa shape index (κ2) is 20.8. The maximum absolute atomic E-state index is 11.4. The van der Waals surface area contributed by atoms with Crippen molar-refractivity contribution < 1.29 is 215 Å². The third-order valence-electron chi connectivity index (χ3n) is 3.04. The maximum Gasteiger partial charge on any atom is 1.00 e. The average molecular weight is 612 g/mol. The molecule has 0 spiro atoms. The van der Waals surface area contributed by atoms with Gasteiger partial charge in [-0.05, 0) is 0 Å². The summed E-state index contributed by atoms with van der Waals surface area (Å²) >= 11 is 0. The fourth-order valence-corrected chi connectivity index (χ4v) is 4.34. The molecule has 1 aliphatic heterocycles. The summed E-state index contributed by atoms with van der Waals surface area (Å²) in [4.78, 5) is 73.0. The van der Waals surface area contributed by atoms with Gasteiger partial charge in [-0.25, -0.2) is 4.79 Å². The van der Waals surface area contributed by atoms with Gasteiger partial charge in [0.2, 0.25) is 0 Å². The van der Waals surface area contributed by atoms with Gasteiger partial charge in [-0.2, -0.15) is 0 Å². The third kappa shape index (κ3) is 18.9. The predicted molar refractivity (Wildman–Crippen MR) is 79.3 cm³/mol. The molecule has 0 bridgehead atoms. The summed E-state index contributed by atoms with van der Waals surface area (Å²) in [7, 11) is -17.9. The van der Waals surface area contributed by atoms with Crippen molar-refractivity contribution in [2.45, 2.75) is 24.5 Å². The zero-order chi connectivity index (χ0) is 23.5. The van der Waals surface area contributed by atoms with E-state index in [0.29, 0.717) is 0 Å². The number of aliphatic hydroxyl groups is 3. The summed E-state index contributed by atoms with van der Waals surface area (Å²) < 4.78 is 40.8. The molecule has 4 atom stereocenters. The van der Waals surface area contributed by atoms with Crippen molar-refractivity contribution in [3.63, 3.8) is 0 Å². The Hall–Kier alpha value is 3.93. The molecule has 0 saturated carbocycles. The number of hydrogen-bond acceptors (Lipinski definition) is 16. The third-order valence-corrected chi connectivity index (χ3v) is 6.24. The Bertz CT molecular complexity index is 969. The monoisotopic (exact) mass is 612 g/mol. The fraction of sp³-hybridized carbons (Fsp3) is 0.556. The number of ether oxygens (including phenoxy) is 1. The number of hydrogen-bond donors (Lipinski definition) is 4. The number of nitrogens with zero attached hydrogens (tertiary/aromatic N) is 1. The minimum Gasteiger partial charge on any atom is -0.790 e. The number of aliphatic hydroxyl groups excluding tert-OH is 3. The molecule has 35 heavy (non-hydrogen) atoms. The summed E-state index contributed by atoms with van der Waals surface area (Å²) in [5, 5.41) is 28.1. The zero-order valence-corrected chi connectivity index (χ0v) is 31.8. The minimum absolute atomic E-state index is 0. The van der Waals surface area contributed by atoms with E-state index in [1.165, 1.54) is 0 Å². The number of phosphoric acid groups is 3. The number of H-pyrrole nitrogens is 1. The molecule has 0 aliphatic carbocycles. The molecule has 1 aromatic rings. The summed E-state index contributed by atoms with van der Waals surface area (Å²) in [5.41, 5.74) is -1.33. The second-order valence-corrected chi connectivity index (χ2v) is 9.24. The standard InChI is InChI=1S/C9H12N2O6.5Na.H5O10P3/c12-3-4-6(14)7(15)8(17-4)11-2-1-5(13)10-9(11)16;;;;;;1-11(2,3)9-13(7,8)10-12(4,5)6/h1-2,4,6-8,12,14-15H,3H2,(H,10,13,16);;;;;;(H,7,8)(H2,1,2,3)(H2,4,5,6)/q;5*+1;/p-5/t4-,6-,7-,8-;;;;;;/m1....../s1. The van der Waals surface area contributed by atoms with E-state index in [1.54, 1.807) is 0 Å². The first kappa shape index (κ1) is 48.6. The van der Waals surface area contributed by atoms with Crippen LogP contribution in [-0.2, 0) is 27.1 Å². The van der Waals surface area contributed by atoms with Gasteiger partial charge in [0.05, 0.1) is 22.3 Å². The van der Waals surface area contributed by atoms with Crippen molar-refractivity contribution in [3.8, 4) is 0 Å². The van der Waals surface area contributed by atoms with Crippen LogP contribution in [0, 0.1) is 0 Å². The van der Waals surface area contributed by atoms with Gasteiger partial charge in [-0.3, -0.25) is 27.5 Å². The topological polar surface area (TPSA) is 310 Å². The molecular weight excluding hydrogens is 600 g/mol. The van der Waals surface area contributed by atoms with Crippen molar-refractivity contribution in [2.75, 3.05) is 6.61 Å². The van der Waals surface area contributed by atoms with Crippen LogP contribution in [0.2, 0.25) is 0 Å². The van der Waals surface area contributed by atoms with Crippen LogP contribution < -0.4 is 184 Å². The van der Waals surface area contributed by atoms with E-state index < -0.39 is 65.9 Å². The molecule has 18 nitrogen and oxygen atoms in total. The van der Waals surface area contributed by atoms with E-state index in [9.17, 15) is 58.0 Å². The van der Waals surface area contributed by atoms with Crippen LogP contribution >= 0.6 is 23.5 Å². The van der Waals surface area contributed by atoms with Crippen molar-refractivity contribution in [1.29, 1.82) is 0 Å². The smallest absolute Gasteiger partial charge is 0.790 e. The Morgan fingerprint density at radius 2 is 1.34 bits per heavy atom. The number of aromatic nitrogens is 2. The first-order valence-corrected chi connectivity index (χ1v) is 11.6. The Kier molecular flexibility index (Phi) is 28.8. The summed E-state index contributed by atoms with van der Waals surface area (Å²) in [6.07, 6.45) is -3.58. The maximum atomic E-state index is 11.4. The zero-order valence-electron chi connectivity index (χ0n) is 19.1. The number of aromatic amines is 1. The second-order valence-electron chi connectivity index (χ2n) is 5.25. The molecule has 1 fully saturated rings. The van der Waals surface area contributed by atoms with E-state index in [0.717, 1.165) is 16.8 Å². The van der Waals surface area contributed by atoms with E-state index in [2.05, 4.69) is 8.62 Å². The van der Waals surface area contributed by atoms with Crippen LogP contribution in [0.3, 0.4) is 0 Å². The molecule has 2 heterocycles. The van der Waals surface area contributed by atoms with Gasteiger partial charge in [-0.15, -0.1) is 0 Å². The van der Waals surface area contributed by atoms with Crippen LogP contribution in [0.15, 0.2) is 21.9 Å². The largest absolute Gasteiger partial charge is 1.00 e. The Balaban J connectivity index is -0.000000155. The van der Waals surface area contributed by atoms with Crippen LogP contribution in [0.5, 0.6) is 0 Å². The van der Waals surface area contributed by atoms with Gasteiger partial charge in [-0.1, -0.05) is 0 Å². The van der Waals surface area contributed by atoms with Crippen molar-refractivity contribution >= 4 is 23.5 Å². The van der Waals surface area contributed by atoms with Gasteiger partial charge in [0, 0.05) is 12.3 Å². The molecule has 1 saturated heterocycles. The van der Waals surface area contributed by atoms with Crippen molar-refractivity contribution in [3.05, 3.63) is 33.1 Å². The molecule has 4 N–H and O–H groups in total. The Labute approximate surface area is 307 Å². The normalized spacial score (nSPS) is 21.4. The van der Waals surface area contributed by atoms with Crippen LogP contribution in [0.4, 0.5) is 0 Å². The van der Waals surface area contributed by atoms with Crippen LogP contribution in [-0.4, -0.2) is 49.8 Å². The van der Waals surface area contributed by atoms with E-state index in [4.69, 9.17) is 9.84 Å². The Morgan fingerprint density at radius 1 is 0.914 bits per heavy atom. The quantitative estimate of drug-likeness (QED) is 0.171. The molecule has 26 heteroatoms. The molecule has 0 unspecified atom stereocenters. The van der Waals surface area contributed by atoms with Gasteiger partial charge >= 0.3 is 153 Å². The number of rotatable bonds is 6. The van der Waals surface area contributed by atoms with E-state index >= 15 is 0 Å². The first-order valence-electron chi connectivity index (χ1n) is 7.17. The van der Waals surface area contributed by atoms with E-state index in [1.807, 2.05) is 4.98 Å². The average Bonchev–Trinajstić information content (AvgIpc) is 2.79. The van der Waals surface area contributed by atoms with Gasteiger partial charge < -0.3 is 53.7 Å². The summed E-state index contributed by atoms with van der Waals surface area (Å²) in [5.74, 6) is 0. The molecule has 0 aromatic carbocycles. The minimum atomic E-state index is -5.97. The van der Waals surface area contributed by atoms with E-state index in [-0.39, 0.29) is 148 Å². The van der Waals surface area contributed by atoms with Crippen molar-refractivity contribution in [2.24, 2.45) is 0 Å². The van der Waals surface area contributed by atoms with Crippen LogP contribution in [0.25, 0.3) is 0 Å². The molecule has 1 aliphatic rings. The Morgan fingerprint density at radius 3 is 1.66 bits per heavy atom. The molecular formula is C9H12N2Na5O16P3. The van der Waals surface area contributed by atoms with Gasteiger partial charge in [0.25, 0.3) is 13.4 Å². The van der Waals surface area contributed by atoms with Crippen molar-refractivity contribution in [1.82, 2.24) is 9.55 Å². The van der Waals surface area contributed by atoms with Gasteiger partial charge in [0.15, 0.2) is 6.23 Å². The van der Waals surface area contributed by atoms with Crippen LogP contribution in [0.1, 0.15) is 6.23 Å². The summed E-state index contributed by atoms with van der Waals surface area (Å²) in [6.45, 7) is -0.479. The molecule has 0 amide bonds. The summed E-state index contributed by atoms with van der Waals surface area (Å²) in [6, 6.07) is 1.09. The molecule has 1 aromatic heterocycles. The predicted octanol–water partition coefficient (Wildman–Crippen LogP) is -21.7. The van der Waals surface area contributed by atoms with Gasteiger partial charge in [0.1, 0.15) is 18.3 Å². The molecule has 0 radical (unpaired) electrons.